The molecule has 0 saturated heterocycles. The highest BCUT2D eigenvalue weighted by Gasteiger charge is 2.26. The van der Waals surface area contributed by atoms with E-state index in [2.05, 4.69) is 76.2 Å². The SMILES string of the molecule is CCCCCCC1CCC(c2ccc(C3CCC(CCCCCC)CC3)cc2)CC1.CCCCCCCC1CCC(c2ccc(C3CCC(CCCCCC)CC3)cc2)CC1. The van der Waals surface area contributed by atoms with Crippen LogP contribution in [-0.4, -0.2) is 0 Å². The van der Waals surface area contributed by atoms with E-state index in [0.29, 0.717) is 0 Å². The van der Waals surface area contributed by atoms with Crippen molar-refractivity contribution in [3.8, 4) is 0 Å². The molecule has 0 radical (unpaired) electrons. The molecule has 0 aromatic heterocycles. The van der Waals surface area contributed by atoms with Gasteiger partial charge in [0, 0.05) is 0 Å². The first-order valence-electron chi connectivity index (χ1n) is 28.3. The minimum absolute atomic E-state index is 0.837. The van der Waals surface area contributed by atoms with E-state index in [9.17, 15) is 0 Å². The fourth-order valence-corrected chi connectivity index (χ4v) is 12.8. The highest BCUT2D eigenvalue weighted by atomic mass is 14.3. The van der Waals surface area contributed by atoms with E-state index in [-0.39, 0.29) is 0 Å². The molecule has 6 rings (SSSR count). The van der Waals surface area contributed by atoms with Gasteiger partial charge in [-0.15, -0.1) is 0 Å². The fraction of sp³-hybridized carbons (Fsp3) is 0.803. The van der Waals surface area contributed by atoms with Gasteiger partial charge in [-0.25, -0.2) is 0 Å². The Morgan fingerprint density at radius 3 is 0.623 bits per heavy atom. The van der Waals surface area contributed by atoms with Gasteiger partial charge in [0.1, 0.15) is 0 Å². The summed E-state index contributed by atoms with van der Waals surface area (Å²) in [5.74, 6) is 7.44. The van der Waals surface area contributed by atoms with Crippen molar-refractivity contribution in [3.63, 3.8) is 0 Å². The van der Waals surface area contributed by atoms with Crippen molar-refractivity contribution in [2.45, 2.75) is 289 Å². The summed E-state index contributed by atoms with van der Waals surface area (Å²) in [6.45, 7) is 9.26. The van der Waals surface area contributed by atoms with E-state index in [0.717, 1.165) is 47.3 Å². The Morgan fingerprint density at radius 2 is 0.426 bits per heavy atom. The molecule has 4 aliphatic carbocycles. The Morgan fingerprint density at radius 1 is 0.246 bits per heavy atom. The Balaban J connectivity index is 0.000000231. The maximum atomic E-state index is 2.50. The zero-order valence-corrected chi connectivity index (χ0v) is 41.4. The maximum Gasteiger partial charge on any atom is -0.0162 e. The molecule has 4 aliphatic rings. The lowest BCUT2D eigenvalue weighted by molar-refractivity contribution is 0.300. The first-order chi connectivity index (χ1) is 30.1. The first-order valence-corrected chi connectivity index (χ1v) is 28.3. The van der Waals surface area contributed by atoms with Crippen LogP contribution >= 0.6 is 0 Å². The fourth-order valence-electron chi connectivity index (χ4n) is 12.8. The third-order valence-electron chi connectivity index (χ3n) is 17.3. The average molecular weight is 835 g/mol. The van der Waals surface area contributed by atoms with Crippen LogP contribution in [0.3, 0.4) is 0 Å². The van der Waals surface area contributed by atoms with Gasteiger partial charge in [0.15, 0.2) is 0 Å². The Kier molecular flexibility index (Phi) is 25.3. The van der Waals surface area contributed by atoms with Crippen LogP contribution in [0.25, 0.3) is 0 Å². The van der Waals surface area contributed by atoms with Gasteiger partial charge < -0.3 is 0 Å². The second-order valence-electron chi connectivity index (χ2n) is 22.0. The molecule has 4 saturated carbocycles. The molecule has 0 atom stereocenters. The first kappa shape index (κ1) is 50.4. The predicted octanol–water partition coefficient (Wildman–Crippen LogP) is 20.7. The van der Waals surface area contributed by atoms with Crippen molar-refractivity contribution in [2.24, 2.45) is 23.7 Å². The van der Waals surface area contributed by atoms with Crippen molar-refractivity contribution in [1.82, 2.24) is 0 Å². The van der Waals surface area contributed by atoms with Gasteiger partial charge in [0.25, 0.3) is 0 Å². The lowest BCUT2D eigenvalue weighted by Crippen LogP contribution is -2.14. The van der Waals surface area contributed by atoms with E-state index >= 15 is 0 Å². The van der Waals surface area contributed by atoms with Crippen LogP contribution in [0, 0.1) is 23.7 Å². The van der Waals surface area contributed by atoms with Crippen molar-refractivity contribution < 1.29 is 0 Å². The minimum Gasteiger partial charge on any atom is -0.0654 e. The van der Waals surface area contributed by atoms with E-state index in [4.69, 9.17) is 0 Å². The number of benzene rings is 2. The molecule has 0 heteroatoms. The molecule has 0 nitrogen and oxygen atoms in total. The molecule has 0 heterocycles. The Labute approximate surface area is 381 Å². The summed E-state index contributed by atoms with van der Waals surface area (Å²) in [6, 6.07) is 20.0. The molecule has 0 spiro atoms. The van der Waals surface area contributed by atoms with Crippen LogP contribution in [0.4, 0.5) is 0 Å². The molecule has 0 bridgehead atoms. The Bertz CT molecular complexity index is 1250. The zero-order valence-electron chi connectivity index (χ0n) is 41.4. The smallest absolute Gasteiger partial charge is 0.0162 e. The molecule has 0 aliphatic heterocycles. The molecular weight excluding hydrogens is 733 g/mol. The van der Waals surface area contributed by atoms with E-state index in [1.165, 1.54) is 238 Å². The van der Waals surface area contributed by atoms with Crippen LogP contribution in [0.2, 0.25) is 0 Å². The van der Waals surface area contributed by atoms with Crippen LogP contribution < -0.4 is 0 Å². The summed E-state index contributed by atoms with van der Waals surface area (Å²) in [7, 11) is 0. The molecule has 0 amide bonds. The van der Waals surface area contributed by atoms with Crippen molar-refractivity contribution in [1.29, 1.82) is 0 Å². The van der Waals surface area contributed by atoms with Crippen molar-refractivity contribution in [2.75, 3.05) is 0 Å². The van der Waals surface area contributed by atoms with Crippen LogP contribution in [0.1, 0.15) is 311 Å². The van der Waals surface area contributed by atoms with Crippen LogP contribution in [-0.2, 0) is 0 Å². The van der Waals surface area contributed by atoms with Crippen LogP contribution in [0.5, 0.6) is 0 Å². The second-order valence-corrected chi connectivity index (χ2v) is 22.0. The average Bonchev–Trinajstić information content (AvgIpc) is 3.32. The van der Waals surface area contributed by atoms with Gasteiger partial charge in [-0.3, -0.25) is 0 Å². The standard InChI is InChI=1S/C31H52.C30H50/c1-3-5-7-9-11-13-27-16-20-29(21-17-27)31-24-22-30(23-25-31)28-18-14-26(15-19-28)12-10-8-6-4-2;1-3-5-7-9-11-25-13-17-27(18-14-25)29-21-23-30(24-22-29)28-19-15-26(16-20-28)12-10-8-6-4-2/h22-29H,3-21H2,1-2H3;21-28H,3-20H2,1-2H3. The summed E-state index contributed by atoms with van der Waals surface area (Å²) in [6.07, 6.45) is 53.6. The third kappa shape index (κ3) is 18.8. The topological polar surface area (TPSA) is 0 Å². The minimum atomic E-state index is 0.837. The second kappa shape index (κ2) is 30.6. The van der Waals surface area contributed by atoms with Crippen molar-refractivity contribution >= 4 is 0 Å². The maximum absolute atomic E-state index is 2.50. The lowest BCUT2D eigenvalue weighted by Gasteiger charge is -2.30. The van der Waals surface area contributed by atoms with Crippen molar-refractivity contribution in [3.05, 3.63) is 70.8 Å². The largest absolute Gasteiger partial charge is 0.0654 e. The molecule has 2 aromatic rings. The molecule has 61 heavy (non-hydrogen) atoms. The van der Waals surface area contributed by atoms with Gasteiger partial charge in [0.05, 0.1) is 0 Å². The molecular formula is C61H102. The number of unbranched alkanes of at least 4 members (excludes halogenated alkanes) is 13. The number of rotatable bonds is 25. The van der Waals surface area contributed by atoms with Gasteiger partial charge in [-0.05, 0) is 172 Å². The monoisotopic (exact) mass is 835 g/mol. The van der Waals surface area contributed by atoms with E-state index < -0.39 is 0 Å². The summed E-state index contributed by atoms with van der Waals surface area (Å²) >= 11 is 0. The Hall–Kier alpha value is -1.56. The molecule has 4 fully saturated rings. The highest BCUT2D eigenvalue weighted by molar-refractivity contribution is 5.29. The molecule has 0 unspecified atom stereocenters. The third-order valence-corrected chi connectivity index (χ3v) is 17.3. The van der Waals surface area contributed by atoms with Gasteiger partial charge >= 0.3 is 0 Å². The quantitative estimate of drug-likeness (QED) is 0.0874. The zero-order chi connectivity index (χ0) is 42.7. The molecule has 346 valence electrons. The van der Waals surface area contributed by atoms with E-state index in [1.54, 1.807) is 22.3 Å². The van der Waals surface area contributed by atoms with E-state index in [1.807, 2.05) is 0 Å². The van der Waals surface area contributed by atoms with Gasteiger partial charge in [-0.1, -0.05) is 211 Å². The van der Waals surface area contributed by atoms with Gasteiger partial charge in [0.2, 0.25) is 0 Å². The summed E-state index contributed by atoms with van der Waals surface area (Å²) in [4.78, 5) is 0. The summed E-state index contributed by atoms with van der Waals surface area (Å²) in [5.41, 5.74) is 6.53. The normalized spacial score (nSPS) is 27.0. The number of hydrogen-bond acceptors (Lipinski definition) is 0. The highest BCUT2D eigenvalue weighted by Crippen LogP contribution is 2.43. The van der Waals surface area contributed by atoms with Crippen LogP contribution in [0.15, 0.2) is 48.5 Å². The summed E-state index contributed by atoms with van der Waals surface area (Å²) in [5, 5.41) is 0. The lowest BCUT2D eigenvalue weighted by atomic mass is 9.75. The predicted molar refractivity (Wildman–Crippen MR) is 271 cm³/mol. The molecule has 2 aromatic carbocycles. The van der Waals surface area contributed by atoms with Gasteiger partial charge in [-0.2, -0.15) is 0 Å². The molecule has 0 N–H and O–H groups in total. The number of hydrogen-bond donors (Lipinski definition) is 0. The summed E-state index contributed by atoms with van der Waals surface area (Å²) < 4.78 is 0.